The Hall–Kier alpha value is -1.93. The van der Waals surface area contributed by atoms with Gasteiger partial charge in [0.15, 0.2) is 0 Å². The van der Waals surface area contributed by atoms with Gasteiger partial charge in [-0.25, -0.2) is 0 Å². The van der Waals surface area contributed by atoms with Crippen molar-refractivity contribution < 1.29 is 29.0 Å². The monoisotopic (exact) mass is 436 g/mol. The molecule has 8 heteroatoms. The summed E-state index contributed by atoms with van der Waals surface area (Å²) in [6.07, 6.45) is 4.13. The van der Waals surface area contributed by atoms with Crippen LogP contribution in [0, 0.1) is 11.8 Å². The van der Waals surface area contributed by atoms with E-state index < -0.39 is 41.6 Å². The van der Waals surface area contributed by atoms with E-state index in [1.807, 2.05) is 6.92 Å². The average Bonchev–Trinajstić information content (AvgIpc) is 3.38. The normalized spacial score (nSPS) is 33.2. The highest BCUT2D eigenvalue weighted by Gasteiger charge is 2.75. The van der Waals surface area contributed by atoms with Crippen molar-refractivity contribution in [2.75, 3.05) is 19.8 Å². The molecule has 3 aliphatic rings. The van der Waals surface area contributed by atoms with E-state index >= 15 is 0 Å². The SMILES string of the molecule is C=CCN(C(=O)C1N([C@H](C)CO)C(=O)[C@@H]2[C@@H](C(=O)OCC)[C@H]3CCC12O3)C(C)CCC. The predicted molar refractivity (Wildman–Crippen MR) is 114 cm³/mol. The third-order valence-corrected chi connectivity index (χ3v) is 7.12. The molecule has 3 aliphatic heterocycles. The third-order valence-electron chi connectivity index (χ3n) is 7.12. The van der Waals surface area contributed by atoms with E-state index in [2.05, 4.69) is 13.5 Å². The number of esters is 1. The number of carbonyl (C=O) groups excluding carboxylic acids is 3. The van der Waals surface area contributed by atoms with E-state index in [9.17, 15) is 19.5 Å². The number of hydrogen-bond acceptors (Lipinski definition) is 6. The van der Waals surface area contributed by atoms with Crippen molar-refractivity contribution in [3.63, 3.8) is 0 Å². The molecule has 0 radical (unpaired) electrons. The second kappa shape index (κ2) is 9.28. The van der Waals surface area contributed by atoms with Crippen LogP contribution >= 0.6 is 0 Å². The molecule has 3 fully saturated rings. The first kappa shape index (κ1) is 23.7. The number of rotatable bonds is 10. The summed E-state index contributed by atoms with van der Waals surface area (Å²) in [7, 11) is 0. The smallest absolute Gasteiger partial charge is 0.312 e. The number of ether oxygens (including phenoxy) is 2. The lowest BCUT2D eigenvalue weighted by Gasteiger charge is -2.40. The molecular weight excluding hydrogens is 400 g/mol. The third kappa shape index (κ3) is 3.67. The number of hydrogen-bond donors (Lipinski definition) is 1. The minimum atomic E-state index is -1.06. The maximum atomic E-state index is 14.0. The van der Waals surface area contributed by atoms with Crippen molar-refractivity contribution in [2.45, 2.75) is 83.2 Å². The lowest BCUT2D eigenvalue weighted by Crippen LogP contribution is -2.59. The van der Waals surface area contributed by atoms with Gasteiger partial charge in [-0.1, -0.05) is 19.4 Å². The molecule has 7 atom stereocenters. The quantitative estimate of drug-likeness (QED) is 0.412. The summed E-state index contributed by atoms with van der Waals surface area (Å²) in [5.74, 6) is -2.43. The van der Waals surface area contributed by atoms with Crippen molar-refractivity contribution >= 4 is 17.8 Å². The fraction of sp³-hybridized carbons (Fsp3) is 0.783. The zero-order valence-corrected chi connectivity index (χ0v) is 19.1. The summed E-state index contributed by atoms with van der Waals surface area (Å²) in [5, 5.41) is 9.87. The highest BCUT2D eigenvalue weighted by atomic mass is 16.6. The summed E-state index contributed by atoms with van der Waals surface area (Å²) < 4.78 is 11.6. The molecule has 1 spiro atoms. The Morgan fingerprint density at radius 2 is 2.13 bits per heavy atom. The second-order valence-electron chi connectivity index (χ2n) is 9.00. The van der Waals surface area contributed by atoms with Crippen molar-refractivity contribution in [1.82, 2.24) is 9.80 Å². The molecule has 8 nitrogen and oxygen atoms in total. The highest BCUT2D eigenvalue weighted by molar-refractivity contribution is 5.98. The molecule has 3 unspecified atom stereocenters. The van der Waals surface area contributed by atoms with E-state index in [1.165, 1.54) is 4.90 Å². The number of fused-ring (bicyclic) bond motifs is 1. The molecule has 2 bridgehead atoms. The van der Waals surface area contributed by atoms with Crippen LogP contribution in [-0.4, -0.2) is 82.3 Å². The predicted octanol–water partition coefficient (Wildman–Crippen LogP) is 1.51. The van der Waals surface area contributed by atoms with E-state index in [1.54, 1.807) is 24.8 Å². The van der Waals surface area contributed by atoms with Gasteiger partial charge in [-0.05, 0) is 40.0 Å². The maximum absolute atomic E-state index is 14.0. The van der Waals surface area contributed by atoms with E-state index in [0.717, 1.165) is 12.8 Å². The number of amides is 2. The number of aliphatic hydroxyl groups excluding tert-OH is 1. The van der Waals surface area contributed by atoms with Gasteiger partial charge in [-0.15, -0.1) is 6.58 Å². The summed E-state index contributed by atoms with van der Waals surface area (Å²) in [6.45, 7) is 11.6. The van der Waals surface area contributed by atoms with Crippen LogP contribution in [0.4, 0.5) is 0 Å². The molecule has 2 amide bonds. The fourth-order valence-corrected chi connectivity index (χ4v) is 5.80. The van der Waals surface area contributed by atoms with Crippen LogP contribution in [0.5, 0.6) is 0 Å². The highest BCUT2D eigenvalue weighted by Crippen LogP contribution is 2.59. The molecule has 0 aromatic rings. The summed E-state index contributed by atoms with van der Waals surface area (Å²) in [4.78, 5) is 43.5. The summed E-state index contributed by atoms with van der Waals surface area (Å²) in [6, 6.07) is -1.48. The number of nitrogens with zero attached hydrogens (tertiary/aromatic N) is 2. The van der Waals surface area contributed by atoms with Crippen LogP contribution in [0.2, 0.25) is 0 Å². The molecular formula is C23H36N2O6. The van der Waals surface area contributed by atoms with E-state index in [4.69, 9.17) is 9.47 Å². The molecule has 31 heavy (non-hydrogen) atoms. The lowest BCUT2D eigenvalue weighted by molar-refractivity contribution is -0.156. The van der Waals surface area contributed by atoms with Gasteiger partial charge in [0.1, 0.15) is 11.6 Å². The minimum absolute atomic E-state index is 0.0354. The van der Waals surface area contributed by atoms with Crippen LogP contribution in [-0.2, 0) is 23.9 Å². The van der Waals surface area contributed by atoms with Gasteiger partial charge < -0.3 is 24.4 Å². The van der Waals surface area contributed by atoms with E-state index in [0.29, 0.717) is 19.4 Å². The Bertz CT molecular complexity index is 727. The van der Waals surface area contributed by atoms with Crippen molar-refractivity contribution in [1.29, 1.82) is 0 Å². The van der Waals surface area contributed by atoms with Crippen molar-refractivity contribution in [2.24, 2.45) is 11.8 Å². The number of likely N-dealkylation sites (tertiary alicyclic amines) is 1. The van der Waals surface area contributed by atoms with Crippen molar-refractivity contribution in [3.8, 4) is 0 Å². The molecule has 174 valence electrons. The van der Waals surface area contributed by atoms with Gasteiger partial charge in [0.2, 0.25) is 11.8 Å². The van der Waals surface area contributed by atoms with Gasteiger partial charge in [-0.2, -0.15) is 0 Å². The van der Waals surface area contributed by atoms with Crippen LogP contribution in [0.15, 0.2) is 12.7 Å². The minimum Gasteiger partial charge on any atom is -0.466 e. The van der Waals surface area contributed by atoms with Crippen LogP contribution in [0.1, 0.15) is 53.4 Å². The zero-order valence-electron chi connectivity index (χ0n) is 19.1. The molecule has 0 aromatic heterocycles. The van der Waals surface area contributed by atoms with Gasteiger partial charge >= 0.3 is 5.97 Å². The molecule has 0 aromatic carbocycles. The standard InChI is InChI=1S/C23H36N2O6/c1-6-9-14(4)24(12-7-2)21(28)19-23-11-10-16(31-23)17(22(29)30-8-3)18(23)20(27)25(19)15(5)13-26/h7,14-19,26H,2,6,8-13H2,1,3-5H3/t14?,15-,16-,17+,18+,19?,23?/m1/s1. The molecule has 3 rings (SSSR count). The molecule has 3 saturated heterocycles. The molecule has 0 saturated carbocycles. The first-order valence-corrected chi connectivity index (χ1v) is 11.5. The largest absolute Gasteiger partial charge is 0.466 e. The Morgan fingerprint density at radius 3 is 2.71 bits per heavy atom. The first-order valence-electron chi connectivity index (χ1n) is 11.5. The van der Waals surface area contributed by atoms with Crippen LogP contribution in [0.25, 0.3) is 0 Å². The Kier molecular flexibility index (Phi) is 7.11. The van der Waals surface area contributed by atoms with Crippen LogP contribution < -0.4 is 0 Å². The molecule has 0 aliphatic carbocycles. The van der Waals surface area contributed by atoms with Gasteiger partial charge in [0.25, 0.3) is 0 Å². The summed E-state index contributed by atoms with van der Waals surface area (Å²) in [5.41, 5.74) is -1.06. The molecule has 3 heterocycles. The average molecular weight is 437 g/mol. The Balaban J connectivity index is 2.05. The lowest BCUT2D eigenvalue weighted by atomic mass is 9.70. The number of aliphatic hydroxyl groups is 1. The Labute approximate surface area is 184 Å². The second-order valence-corrected chi connectivity index (χ2v) is 9.00. The topological polar surface area (TPSA) is 96.4 Å². The van der Waals surface area contributed by atoms with Crippen molar-refractivity contribution in [3.05, 3.63) is 12.7 Å². The maximum Gasteiger partial charge on any atom is 0.312 e. The van der Waals surface area contributed by atoms with Gasteiger partial charge in [0, 0.05) is 12.6 Å². The first-order chi connectivity index (χ1) is 14.8. The summed E-state index contributed by atoms with van der Waals surface area (Å²) >= 11 is 0. The molecule has 1 N–H and O–H groups in total. The Morgan fingerprint density at radius 1 is 1.42 bits per heavy atom. The fourth-order valence-electron chi connectivity index (χ4n) is 5.80. The van der Waals surface area contributed by atoms with E-state index in [-0.39, 0.29) is 31.1 Å². The van der Waals surface area contributed by atoms with Gasteiger partial charge in [-0.3, -0.25) is 14.4 Å². The van der Waals surface area contributed by atoms with Gasteiger partial charge in [0.05, 0.1) is 37.2 Å². The zero-order chi connectivity index (χ0) is 22.9. The number of carbonyl (C=O) groups is 3. The van der Waals surface area contributed by atoms with Crippen LogP contribution in [0.3, 0.4) is 0 Å².